The molecule has 1 atom stereocenters. The van der Waals surface area contributed by atoms with Gasteiger partial charge in [-0.3, -0.25) is 0 Å². The van der Waals surface area contributed by atoms with Crippen LogP contribution < -0.4 is 0 Å². The van der Waals surface area contributed by atoms with Gasteiger partial charge in [0.05, 0.1) is 28.8 Å². The average Bonchev–Trinajstić information content (AvgIpc) is 2.76. The van der Waals surface area contributed by atoms with Gasteiger partial charge in [-0.05, 0) is 37.5 Å². The lowest BCUT2D eigenvalue weighted by molar-refractivity contribution is 0.0153. The Balaban J connectivity index is 1.91. The number of hydrogen-bond acceptors (Lipinski definition) is 3. The van der Waals surface area contributed by atoms with E-state index in [2.05, 4.69) is 15.6 Å². The Bertz CT molecular complexity index is 633. The number of benzene rings is 1. The minimum atomic E-state index is 0.291. The van der Waals surface area contributed by atoms with Gasteiger partial charge in [-0.2, -0.15) is 5.26 Å². The second kappa shape index (κ2) is 5.02. The van der Waals surface area contributed by atoms with Crippen LogP contribution in [0.25, 0.3) is 11.0 Å². The summed E-state index contributed by atoms with van der Waals surface area (Å²) in [5.41, 5.74) is 2.63. The molecule has 2 heterocycles. The maximum atomic E-state index is 8.93. The molecular weight excluding hydrogens is 238 g/mol. The second-order valence-corrected chi connectivity index (χ2v) is 5.10. The number of aromatic nitrogens is 2. The molecule has 4 nitrogen and oxygen atoms in total. The molecule has 1 aliphatic heterocycles. The average molecular weight is 255 g/mol. The summed E-state index contributed by atoms with van der Waals surface area (Å²) in [4.78, 5) is 4.65. The highest BCUT2D eigenvalue weighted by Gasteiger charge is 2.18. The summed E-state index contributed by atoms with van der Waals surface area (Å²) >= 11 is 0. The van der Waals surface area contributed by atoms with Crippen molar-refractivity contribution in [1.29, 1.82) is 5.26 Å². The third kappa shape index (κ3) is 2.34. The zero-order valence-corrected chi connectivity index (χ0v) is 11.1. The maximum Gasteiger partial charge on any atom is 0.112 e. The van der Waals surface area contributed by atoms with E-state index in [-0.39, 0.29) is 0 Å². The highest BCUT2D eigenvalue weighted by atomic mass is 16.5. The van der Waals surface area contributed by atoms with Gasteiger partial charge in [-0.1, -0.05) is 0 Å². The predicted octanol–water partition coefficient (Wildman–Crippen LogP) is 2.56. The van der Waals surface area contributed by atoms with Crippen molar-refractivity contribution in [3.8, 4) is 6.07 Å². The fraction of sp³-hybridized carbons (Fsp3) is 0.467. The SMILES string of the molecule is Cn1c(CC2CCCCO2)nc2cc(C#N)ccc21. The lowest BCUT2D eigenvalue weighted by Gasteiger charge is -2.22. The Morgan fingerprint density at radius 2 is 2.37 bits per heavy atom. The number of nitrogens with zero attached hydrogens (tertiary/aromatic N) is 3. The fourth-order valence-corrected chi connectivity index (χ4v) is 2.67. The monoisotopic (exact) mass is 255 g/mol. The van der Waals surface area contributed by atoms with Gasteiger partial charge in [-0.25, -0.2) is 4.98 Å². The smallest absolute Gasteiger partial charge is 0.112 e. The molecule has 98 valence electrons. The molecule has 1 aromatic carbocycles. The summed E-state index contributed by atoms with van der Waals surface area (Å²) in [7, 11) is 2.03. The Kier molecular flexibility index (Phi) is 3.22. The van der Waals surface area contributed by atoms with Crippen LogP contribution in [-0.4, -0.2) is 22.3 Å². The minimum absolute atomic E-state index is 0.291. The van der Waals surface area contributed by atoms with Crippen molar-refractivity contribution in [2.75, 3.05) is 6.61 Å². The molecule has 3 rings (SSSR count). The van der Waals surface area contributed by atoms with Crippen LogP contribution in [0.4, 0.5) is 0 Å². The Morgan fingerprint density at radius 3 is 3.11 bits per heavy atom. The Labute approximate surface area is 112 Å². The molecule has 1 aromatic heterocycles. The van der Waals surface area contributed by atoms with Crippen molar-refractivity contribution in [3.05, 3.63) is 29.6 Å². The van der Waals surface area contributed by atoms with Gasteiger partial charge in [0.25, 0.3) is 0 Å². The van der Waals surface area contributed by atoms with Crippen molar-refractivity contribution >= 4 is 11.0 Å². The quantitative estimate of drug-likeness (QED) is 0.828. The summed E-state index contributed by atoms with van der Waals surface area (Å²) in [5, 5.41) is 8.93. The molecule has 4 heteroatoms. The van der Waals surface area contributed by atoms with E-state index in [1.54, 1.807) is 0 Å². The van der Waals surface area contributed by atoms with Gasteiger partial charge in [-0.15, -0.1) is 0 Å². The van der Waals surface area contributed by atoms with E-state index in [9.17, 15) is 0 Å². The van der Waals surface area contributed by atoms with Crippen molar-refractivity contribution in [3.63, 3.8) is 0 Å². The fourth-order valence-electron chi connectivity index (χ4n) is 2.67. The molecule has 0 spiro atoms. The molecule has 1 aliphatic rings. The summed E-state index contributed by atoms with van der Waals surface area (Å²) in [6.07, 6.45) is 4.68. The van der Waals surface area contributed by atoms with Crippen LogP contribution in [0.15, 0.2) is 18.2 Å². The molecule has 0 radical (unpaired) electrons. The maximum absolute atomic E-state index is 8.93. The van der Waals surface area contributed by atoms with Crippen molar-refractivity contribution in [1.82, 2.24) is 9.55 Å². The third-order valence-corrected chi connectivity index (χ3v) is 3.79. The molecule has 2 aromatic rings. The molecule has 0 saturated carbocycles. The van der Waals surface area contributed by atoms with Gasteiger partial charge in [0.1, 0.15) is 5.82 Å². The van der Waals surface area contributed by atoms with Crippen LogP contribution in [0, 0.1) is 11.3 Å². The molecule has 1 unspecified atom stereocenters. The Hall–Kier alpha value is -1.86. The van der Waals surface area contributed by atoms with Gasteiger partial charge in [0.15, 0.2) is 0 Å². The topological polar surface area (TPSA) is 50.8 Å². The Morgan fingerprint density at radius 1 is 1.47 bits per heavy atom. The number of hydrogen-bond donors (Lipinski definition) is 0. The molecule has 0 bridgehead atoms. The van der Waals surface area contributed by atoms with E-state index in [4.69, 9.17) is 10.00 Å². The number of imidazole rings is 1. The normalized spacial score (nSPS) is 19.5. The van der Waals surface area contributed by atoms with E-state index in [1.165, 1.54) is 12.8 Å². The minimum Gasteiger partial charge on any atom is -0.378 e. The van der Waals surface area contributed by atoms with Gasteiger partial charge < -0.3 is 9.30 Å². The standard InChI is InChI=1S/C15H17N3O/c1-18-14-6-5-11(10-16)8-13(14)17-15(18)9-12-4-2-3-7-19-12/h5-6,8,12H,2-4,7,9H2,1H3. The first-order valence-corrected chi connectivity index (χ1v) is 6.75. The van der Waals surface area contributed by atoms with E-state index >= 15 is 0 Å². The summed E-state index contributed by atoms with van der Waals surface area (Å²) in [6, 6.07) is 7.81. The molecular formula is C15H17N3O. The van der Waals surface area contributed by atoms with Gasteiger partial charge >= 0.3 is 0 Å². The van der Waals surface area contributed by atoms with E-state index in [1.807, 2.05) is 25.2 Å². The number of ether oxygens (including phenoxy) is 1. The van der Waals surface area contributed by atoms with Crippen LogP contribution in [0.1, 0.15) is 30.7 Å². The zero-order valence-electron chi connectivity index (χ0n) is 11.1. The molecule has 0 amide bonds. The van der Waals surface area contributed by atoms with Crippen LogP contribution >= 0.6 is 0 Å². The van der Waals surface area contributed by atoms with Crippen molar-refractivity contribution in [2.45, 2.75) is 31.8 Å². The molecule has 1 saturated heterocycles. The lowest BCUT2D eigenvalue weighted by atomic mass is 10.1. The van der Waals surface area contributed by atoms with E-state index < -0.39 is 0 Å². The summed E-state index contributed by atoms with van der Waals surface area (Å²) in [6.45, 7) is 0.868. The summed E-state index contributed by atoms with van der Waals surface area (Å²) in [5.74, 6) is 1.04. The molecule has 19 heavy (non-hydrogen) atoms. The first-order valence-electron chi connectivity index (χ1n) is 6.75. The number of aryl methyl sites for hydroxylation is 1. The van der Waals surface area contributed by atoms with Crippen LogP contribution in [0.3, 0.4) is 0 Å². The van der Waals surface area contributed by atoms with Gasteiger partial charge in [0.2, 0.25) is 0 Å². The number of fused-ring (bicyclic) bond motifs is 1. The molecule has 0 aliphatic carbocycles. The van der Waals surface area contributed by atoms with E-state index in [0.29, 0.717) is 11.7 Å². The summed E-state index contributed by atoms with van der Waals surface area (Å²) < 4.78 is 7.88. The number of nitriles is 1. The van der Waals surface area contributed by atoms with Gasteiger partial charge in [0, 0.05) is 20.1 Å². The number of rotatable bonds is 2. The first-order chi connectivity index (χ1) is 9.28. The first kappa shape index (κ1) is 12.2. The predicted molar refractivity (Wildman–Crippen MR) is 72.7 cm³/mol. The zero-order chi connectivity index (χ0) is 13.2. The molecule has 0 N–H and O–H groups in total. The van der Waals surface area contributed by atoms with Crippen LogP contribution in [0.2, 0.25) is 0 Å². The van der Waals surface area contributed by atoms with Crippen LogP contribution in [-0.2, 0) is 18.2 Å². The van der Waals surface area contributed by atoms with Crippen LogP contribution in [0.5, 0.6) is 0 Å². The third-order valence-electron chi connectivity index (χ3n) is 3.79. The van der Waals surface area contributed by atoms with Crippen molar-refractivity contribution in [2.24, 2.45) is 7.05 Å². The van der Waals surface area contributed by atoms with E-state index in [0.717, 1.165) is 36.3 Å². The second-order valence-electron chi connectivity index (χ2n) is 5.10. The highest BCUT2D eigenvalue weighted by molar-refractivity contribution is 5.77. The molecule has 1 fully saturated rings. The highest BCUT2D eigenvalue weighted by Crippen LogP contribution is 2.21. The van der Waals surface area contributed by atoms with Crippen molar-refractivity contribution < 1.29 is 4.74 Å². The lowest BCUT2D eigenvalue weighted by Crippen LogP contribution is -2.22. The largest absolute Gasteiger partial charge is 0.378 e.